The maximum Gasteiger partial charge on any atom is 0.271 e. The zero-order chi connectivity index (χ0) is 27.1. The zero-order valence-electron chi connectivity index (χ0n) is 21.9. The minimum absolute atomic E-state index is 0.203. The summed E-state index contributed by atoms with van der Waals surface area (Å²) >= 11 is 7.50. The third-order valence-electron chi connectivity index (χ3n) is 6.86. The van der Waals surface area contributed by atoms with Gasteiger partial charge in [0.25, 0.3) is 11.5 Å². The third-order valence-corrected chi connectivity index (χ3v) is 8.09. The van der Waals surface area contributed by atoms with Gasteiger partial charge in [0.05, 0.1) is 27.5 Å². The summed E-state index contributed by atoms with van der Waals surface area (Å²) in [7, 11) is 0. The van der Waals surface area contributed by atoms with Crippen molar-refractivity contribution < 1.29 is 4.79 Å². The highest BCUT2D eigenvalue weighted by molar-refractivity contribution is 7.07. The standard InChI is InChI=1S/C29H28ClN5O2S/c1-6-34-19(5)22(17(3)33-34)15-24-28(37)35-26(20-11-13-21(30)14-12-20)25(18(4)31-29(35)38-24)27(36)32-23-10-8-7-9-16(23)2/h7-15,26H,6H2,1-5H3,(H,32,36)/b24-15+/t26-/m1/s1. The van der Waals surface area contributed by atoms with Crippen molar-refractivity contribution in [3.63, 3.8) is 0 Å². The number of anilines is 1. The number of hydrogen-bond donors (Lipinski definition) is 1. The molecule has 1 aliphatic rings. The van der Waals surface area contributed by atoms with E-state index in [1.54, 1.807) is 16.7 Å². The van der Waals surface area contributed by atoms with E-state index in [9.17, 15) is 9.59 Å². The van der Waals surface area contributed by atoms with Crippen LogP contribution < -0.4 is 20.2 Å². The van der Waals surface area contributed by atoms with Crippen LogP contribution >= 0.6 is 22.9 Å². The molecule has 0 radical (unpaired) electrons. The number of aryl methyl sites for hydroxylation is 3. The highest BCUT2D eigenvalue weighted by Gasteiger charge is 2.32. The Kier molecular flexibility index (Phi) is 6.94. The second-order valence-corrected chi connectivity index (χ2v) is 10.7. The first-order valence-corrected chi connectivity index (χ1v) is 13.6. The van der Waals surface area contributed by atoms with Gasteiger partial charge in [-0.3, -0.25) is 18.8 Å². The number of aromatic nitrogens is 3. The molecule has 9 heteroatoms. The van der Waals surface area contributed by atoms with Crippen molar-refractivity contribution >= 4 is 40.6 Å². The summed E-state index contributed by atoms with van der Waals surface area (Å²) < 4.78 is 4.08. The first-order valence-electron chi connectivity index (χ1n) is 12.4. The molecular weight excluding hydrogens is 518 g/mol. The topological polar surface area (TPSA) is 81.3 Å². The fourth-order valence-electron chi connectivity index (χ4n) is 4.83. The van der Waals surface area contributed by atoms with Gasteiger partial charge < -0.3 is 5.32 Å². The van der Waals surface area contributed by atoms with E-state index in [0.29, 0.717) is 31.3 Å². The van der Waals surface area contributed by atoms with Gasteiger partial charge in [0.2, 0.25) is 0 Å². The molecule has 194 valence electrons. The van der Waals surface area contributed by atoms with Gasteiger partial charge in [-0.05, 0) is 70.0 Å². The second kappa shape index (κ2) is 10.2. The maximum absolute atomic E-state index is 13.9. The van der Waals surface area contributed by atoms with Crippen LogP contribution in [0.2, 0.25) is 5.02 Å². The predicted molar refractivity (Wildman–Crippen MR) is 152 cm³/mol. The van der Waals surface area contributed by atoms with Gasteiger partial charge in [0, 0.05) is 28.5 Å². The highest BCUT2D eigenvalue weighted by atomic mass is 35.5. The van der Waals surface area contributed by atoms with E-state index in [0.717, 1.165) is 34.6 Å². The van der Waals surface area contributed by atoms with Crippen LogP contribution in [0.15, 0.2) is 69.6 Å². The quantitative estimate of drug-likeness (QED) is 0.396. The van der Waals surface area contributed by atoms with E-state index >= 15 is 0 Å². The van der Waals surface area contributed by atoms with Gasteiger partial charge in [0.15, 0.2) is 4.80 Å². The highest BCUT2D eigenvalue weighted by Crippen LogP contribution is 2.31. The number of thiazole rings is 1. The Morgan fingerprint density at radius 1 is 1.11 bits per heavy atom. The molecule has 1 N–H and O–H groups in total. The molecule has 38 heavy (non-hydrogen) atoms. The Labute approximate surface area is 229 Å². The van der Waals surface area contributed by atoms with Crippen LogP contribution in [0, 0.1) is 20.8 Å². The molecule has 0 spiro atoms. The maximum atomic E-state index is 13.9. The predicted octanol–water partition coefficient (Wildman–Crippen LogP) is 4.67. The monoisotopic (exact) mass is 545 g/mol. The Balaban J connectivity index is 1.69. The first-order chi connectivity index (χ1) is 18.2. The van der Waals surface area contributed by atoms with E-state index in [2.05, 4.69) is 10.4 Å². The van der Waals surface area contributed by atoms with E-state index < -0.39 is 6.04 Å². The number of benzene rings is 2. The summed E-state index contributed by atoms with van der Waals surface area (Å²) in [4.78, 5) is 32.9. The van der Waals surface area contributed by atoms with E-state index in [1.165, 1.54) is 11.3 Å². The number of nitrogens with zero attached hydrogens (tertiary/aromatic N) is 4. The minimum atomic E-state index is -0.657. The van der Waals surface area contributed by atoms with E-state index in [-0.39, 0.29) is 11.5 Å². The molecule has 2 aromatic heterocycles. The number of halogens is 1. The summed E-state index contributed by atoms with van der Waals surface area (Å²) in [6.07, 6.45) is 1.89. The first kappa shape index (κ1) is 25.9. The molecule has 3 heterocycles. The van der Waals surface area contributed by atoms with Crippen molar-refractivity contribution in [2.45, 2.75) is 47.2 Å². The molecule has 0 aliphatic carbocycles. The van der Waals surface area contributed by atoms with Crippen molar-refractivity contribution in [1.82, 2.24) is 14.3 Å². The number of para-hydroxylation sites is 1. The van der Waals surface area contributed by atoms with Gasteiger partial charge >= 0.3 is 0 Å². The van der Waals surface area contributed by atoms with Gasteiger partial charge in [0.1, 0.15) is 0 Å². The van der Waals surface area contributed by atoms with Gasteiger partial charge in [-0.25, -0.2) is 4.99 Å². The lowest BCUT2D eigenvalue weighted by Crippen LogP contribution is -2.40. The summed E-state index contributed by atoms with van der Waals surface area (Å²) in [5.74, 6) is -0.300. The Morgan fingerprint density at radius 3 is 2.47 bits per heavy atom. The molecule has 5 rings (SSSR count). The fourth-order valence-corrected chi connectivity index (χ4v) is 5.99. The number of carbonyl (C=O) groups excluding carboxylic acids is 1. The van der Waals surface area contributed by atoms with Crippen molar-refractivity contribution in [3.05, 3.63) is 113 Å². The van der Waals surface area contributed by atoms with Crippen LogP contribution in [-0.2, 0) is 11.3 Å². The number of rotatable bonds is 5. The van der Waals surface area contributed by atoms with Crippen LogP contribution in [0.4, 0.5) is 5.69 Å². The Hall–Kier alpha value is -3.75. The molecule has 0 bridgehead atoms. The molecule has 0 saturated heterocycles. The molecular formula is C29H28ClN5O2S. The number of fused-ring (bicyclic) bond motifs is 1. The van der Waals surface area contributed by atoms with Crippen molar-refractivity contribution in [2.24, 2.45) is 4.99 Å². The minimum Gasteiger partial charge on any atom is -0.322 e. The lowest BCUT2D eigenvalue weighted by Gasteiger charge is -2.25. The lowest BCUT2D eigenvalue weighted by molar-refractivity contribution is -0.113. The van der Waals surface area contributed by atoms with Crippen LogP contribution in [0.3, 0.4) is 0 Å². The summed E-state index contributed by atoms with van der Waals surface area (Å²) in [5.41, 5.74) is 5.99. The summed E-state index contributed by atoms with van der Waals surface area (Å²) in [6.45, 7) is 10.5. The number of amides is 1. The average molecular weight is 546 g/mol. The van der Waals surface area contributed by atoms with Crippen molar-refractivity contribution in [3.8, 4) is 0 Å². The largest absolute Gasteiger partial charge is 0.322 e. The molecule has 0 fully saturated rings. The Bertz CT molecular complexity index is 1780. The lowest BCUT2D eigenvalue weighted by atomic mass is 9.95. The second-order valence-electron chi connectivity index (χ2n) is 9.30. The van der Waals surface area contributed by atoms with Crippen LogP contribution in [-0.4, -0.2) is 20.3 Å². The summed E-state index contributed by atoms with van der Waals surface area (Å²) in [6, 6.07) is 14.2. The molecule has 2 aromatic carbocycles. The molecule has 0 unspecified atom stereocenters. The number of hydrogen-bond acceptors (Lipinski definition) is 5. The zero-order valence-corrected chi connectivity index (χ0v) is 23.4. The SMILES string of the molecule is CCn1nc(C)c(/C=c2/sc3n(c2=O)[C@H](c2ccc(Cl)cc2)C(C(=O)Nc2ccccc2C)=C(C)N=3)c1C. The smallest absolute Gasteiger partial charge is 0.271 e. The van der Waals surface area contributed by atoms with E-state index in [1.807, 2.05) is 81.8 Å². The van der Waals surface area contributed by atoms with Crippen LogP contribution in [0.5, 0.6) is 0 Å². The number of carbonyl (C=O) groups is 1. The van der Waals surface area contributed by atoms with Crippen molar-refractivity contribution in [1.29, 1.82) is 0 Å². The molecule has 1 aliphatic heterocycles. The van der Waals surface area contributed by atoms with Crippen LogP contribution in [0.25, 0.3) is 6.08 Å². The summed E-state index contributed by atoms with van der Waals surface area (Å²) in [5, 5.41) is 8.19. The van der Waals surface area contributed by atoms with Gasteiger partial charge in [-0.2, -0.15) is 5.10 Å². The molecule has 4 aromatic rings. The van der Waals surface area contributed by atoms with Gasteiger partial charge in [-0.1, -0.05) is 53.3 Å². The van der Waals surface area contributed by atoms with Gasteiger partial charge in [-0.15, -0.1) is 0 Å². The normalized spacial score (nSPS) is 15.4. The molecule has 1 amide bonds. The number of allylic oxidation sites excluding steroid dienone is 1. The van der Waals surface area contributed by atoms with Crippen LogP contribution in [0.1, 0.15) is 48.0 Å². The fraction of sp³-hybridized carbons (Fsp3) is 0.241. The average Bonchev–Trinajstić information content (AvgIpc) is 3.35. The molecule has 1 atom stereocenters. The molecule has 7 nitrogen and oxygen atoms in total. The number of nitrogens with one attached hydrogen (secondary N) is 1. The van der Waals surface area contributed by atoms with E-state index in [4.69, 9.17) is 16.6 Å². The molecule has 0 saturated carbocycles. The third kappa shape index (κ3) is 4.54. The Morgan fingerprint density at radius 2 is 1.82 bits per heavy atom. The van der Waals surface area contributed by atoms with Crippen molar-refractivity contribution in [2.75, 3.05) is 5.32 Å².